The van der Waals surface area contributed by atoms with Gasteiger partial charge in [0.05, 0.1) is 0 Å². The Morgan fingerprint density at radius 1 is 0.514 bits per heavy atom. The molecule has 2 aromatic rings. The van der Waals surface area contributed by atoms with Crippen molar-refractivity contribution in [2.45, 2.75) is 130 Å². The zero-order valence-electron chi connectivity index (χ0n) is 23.1. The Balaban J connectivity index is 2.13. The van der Waals surface area contributed by atoms with Gasteiger partial charge in [0.15, 0.2) is 0 Å². The number of benzene rings is 2. The minimum absolute atomic E-state index is 0.175. The van der Waals surface area contributed by atoms with Gasteiger partial charge < -0.3 is 8.85 Å². The van der Waals surface area contributed by atoms with E-state index in [1.165, 1.54) is 87.4 Å². The van der Waals surface area contributed by atoms with Crippen molar-refractivity contribution >= 4 is 18.9 Å². The van der Waals surface area contributed by atoms with E-state index < -0.39 is 8.56 Å². The van der Waals surface area contributed by atoms with Gasteiger partial charge in [-0.05, 0) is 37.1 Å². The number of unbranched alkanes of at least 4 members (excludes halogenated alkanes) is 10. The average Bonchev–Trinajstić information content (AvgIpc) is 2.89. The van der Waals surface area contributed by atoms with Gasteiger partial charge in [-0.3, -0.25) is 0 Å². The van der Waals surface area contributed by atoms with Crippen LogP contribution in [0.15, 0.2) is 60.7 Å². The third-order valence-electron chi connectivity index (χ3n) is 6.97. The number of hydrogen-bond acceptors (Lipinski definition) is 2. The fourth-order valence-corrected chi connectivity index (χ4v) is 8.46. The Labute approximate surface area is 218 Å². The molecule has 2 unspecified atom stereocenters. The van der Waals surface area contributed by atoms with Crippen LogP contribution in [-0.2, 0) is 8.85 Å². The van der Waals surface area contributed by atoms with Crippen LogP contribution in [0.25, 0.3) is 0 Å². The fourth-order valence-electron chi connectivity index (χ4n) is 4.89. The van der Waals surface area contributed by atoms with E-state index in [0.717, 1.165) is 12.8 Å². The summed E-state index contributed by atoms with van der Waals surface area (Å²) in [7, 11) is -2.84. The number of hydrogen-bond donors (Lipinski definition) is 0. The van der Waals surface area contributed by atoms with Crippen LogP contribution < -0.4 is 10.4 Å². The minimum Gasteiger partial charge on any atom is -0.385 e. The topological polar surface area (TPSA) is 18.5 Å². The molecule has 2 atom stereocenters. The molecular weight excluding hydrogens is 444 g/mol. The second-order valence-electron chi connectivity index (χ2n) is 10.3. The summed E-state index contributed by atoms with van der Waals surface area (Å²) < 4.78 is 14.2. The molecule has 35 heavy (non-hydrogen) atoms. The largest absolute Gasteiger partial charge is 0.407 e. The molecule has 0 N–H and O–H groups in total. The molecule has 2 rings (SSSR count). The van der Waals surface area contributed by atoms with Gasteiger partial charge in [-0.25, -0.2) is 0 Å². The highest BCUT2D eigenvalue weighted by Gasteiger charge is 2.45. The molecule has 0 bridgehead atoms. The maximum absolute atomic E-state index is 7.08. The van der Waals surface area contributed by atoms with Gasteiger partial charge in [0, 0.05) is 12.2 Å². The maximum Gasteiger partial charge on any atom is 0.407 e. The van der Waals surface area contributed by atoms with Crippen molar-refractivity contribution in [3.8, 4) is 0 Å². The lowest BCUT2D eigenvalue weighted by Crippen LogP contribution is -2.65. The Morgan fingerprint density at radius 3 is 1.23 bits per heavy atom. The predicted octanol–water partition coefficient (Wildman–Crippen LogP) is 8.55. The standard InChI is InChI=1S/C32H52O2Si/c1-5-7-9-11-13-17-23-29(3)33-35(31-25-19-15-20-26-31,32-27-21-16-22-28-32)34-30(4)24-18-14-12-10-8-6-2/h15-16,19-22,25-30H,5-14,17-18,23-24H2,1-4H3. The van der Waals surface area contributed by atoms with Gasteiger partial charge in [-0.1, -0.05) is 152 Å². The van der Waals surface area contributed by atoms with Crippen molar-refractivity contribution in [2.75, 3.05) is 0 Å². The van der Waals surface area contributed by atoms with Crippen LogP contribution in [0.4, 0.5) is 0 Å². The molecule has 3 heteroatoms. The summed E-state index contributed by atoms with van der Waals surface area (Å²) in [5.41, 5.74) is 0. The molecule has 0 aromatic heterocycles. The molecule has 0 fully saturated rings. The van der Waals surface area contributed by atoms with E-state index in [1.54, 1.807) is 0 Å². The average molecular weight is 497 g/mol. The van der Waals surface area contributed by atoms with Gasteiger partial charge in [0.25, 0.3) is 0 Å². The van der Waals surface area contributed by atoms with Crippen LogP contribution in [-0.4, -0.2) is 20.8 Å². The van der Waals surface area contributed by atoms with Crippen molar-refractivity contribution in [3.05, 3.63) is 60.7 Å². The predicted molar refractivity (Wildman–Crippen MR) is 155 cm³/mol. The van der Waals surface area contributed by atoms with Crippen molar-refractivity contribution in [3.63, 3.8) is 0 Å². The summed E-state index contributed by atoms with van der Waals surface area (Å²) in [6.45, 7) is 9.06. The molecule has 2 nitrogen and oxygen atoms in total. The molecule has 0 aliphatic carbocycles. The van der Waals surface area contributed by atoms with Crippen LogP contribution in [0.5, 0.6) is 0 Å². The van der Waals surface area contributed by atoms with Gasteiger partial charge in [-0.15, -0.1) is 0 Å². The van der Waals surface area contributed by atoms with Gasteiger partial charge in [0.1, 0.15) is 0 Å². The lowest BCUT2D eigenvalue weighted by atomic mass is 10.1. The summed E-state index contributed by atoms with van der Waals surface area (Å²) in [6, 6.07) is 21.6. The molecule has 0 aliphatic heterocycles. The zero-order chi connectivity index (χ0) is 25.2. The van der Waals surface area contributed by atoms with Gasteiger partial charge in [-0.2, -0.15) is 0 Å². The molecular formula is C32H52O2Si. The molecule has 0 spiro atoms. The smallest absolute Gasteiger partial charge is 0.385 e. The highest BCUT2D eigenvalue weighted by Crippen LogP contribution is 2.21. The van der Waals surface area contributed by atoms with Crippen LogP contribution in [0.1, 0.15) is 118 Å². The molecule has 0 aliphatic rings. The van der Waals surface area contributed by atoms with Crippen LogP contribution in [0, 0.1) is 0 Å². The summed E-state index contributed by atoms with van der Waals surface area (Å²) in [5, 5.41) is 2.44. The summed E-state index contributed by atoms with van der Waals surface area (Å²) >= 11 is 0. The number of rotatable bonds is 20. The molecule has 0 saturated carbocycles. The first-order valence-electron chi connectivity index (χ1n) is 14.6. The molecule has 196 valence electrons. The van der Waals surface area contributed by atoms with E-state index in [9.17, 15) is 0 Å². The van der Waals surface area contributed by atoms with Crippen molar-refractivity contribution in [2.24, 2.45) is 0 Å². The van der Waals surface area contributed by atoms with Gasteiger partial charge >= 0.3 is 8.56 Å². The first kappa shape index (κ1) is 29.8. The first-order valence-corrected chi connectivity index (χ1v) is 16.4. The first-order chi connectivity index (χ1) is 17.1. The van der Waals surface area contributed by atoms with Crippen molar-refractivity contribution in [1.29, 1.82) is 0 Å². The van der Waals surface area contributed by atoms with E-state index in [2.05, 4.69) is 88.4 Å². The fraction of sp³-hybridized carbons (Fsp3) is 0.625. The molecule has 0 radical (unpaired) electrons. The van der Waals surface area contributed by atoms with Crippen LogP contribution in [0.3, 0.4) is 0 Å². The van der Waals surface area contributed by atoms with Crippen molar-refractivity contribution in [1.82, 2.24) is 0 Å². The molecule has 0 heterocycles. The second-order valence-corrected chi connectivity index (χ2v) is 13.2. The van der Waals surface area contributed by atoms with E-state index >= 15 is 0 Å². The molecule has 0 amide bonds. The Hall–Kier alpha value is -1.42. The summed E-state index contributed by atoms with van der Waals surface area (Å²) in [4.78, 5) is 0. The lowest BCUT2D eigenvalue weighted by molar-refractivity contribution is 0.0990. The quantitative estimate of drug-likeness (QED) is 0.135. The Morgan fingerprint density at radius 2 is 0.857 bits per heavy atom. The van der Waals surface area contributed by atoms with Crippen LogP contribution in [0.2, 0.25) is 0 Å². The van der Waals surface area contributed by atoms with Crippen molar-refractivity contribution < 1.29 is 8.85 Å². The Bertz CT molecular complexity index is 683. The zero-order valence-corrected chi connectivity index (χ0v) is 24.1. The monoisotopic (exact) mass is 496 g/mol. The molecule has 2 aromatic carbocycles. The third kappa shape index (κ3) is 11.0. The van der Waals surface area contributed by atoms with E-state index in [4.69, 9.17) is 8.85 Å². The highest BCUT2D eigenvalue weighted by atomic mass is 28.4. The molecule has 0 saturated heterocycles. The highest BCUT2D eigenvalue weighted by molar-refractivity contribution is 6.92. The minimum atomic E-state index is -2.84. The summed E-state index contributed by atoms with van der Waals surface area (Å²) in [6.07, 6.45) is 18.3. The third-order valence-corrected chi connectivity index (χ3v) is 10.6. The van der Waals surface area contributed by atoms with E-state index in [1.807, 2.05) is 0 Å². The van der Waals surface area contributed by atoms with Gasteiger partial charge in [0.2, 0.25) is 0 Å². The van der Waals surface area contributed by atoms with E-state index in [-0.39, 0.29) is 12.2 Å². The SMILES string of the molecule is CCCCCCCCC(C)O[Si](OC(C)CCCCCCCC)(c1ccccc1)c1ccccc1. The maximum atomic E-state index is 7.08. The Kier molecular flexibility index (Phi) is 15.3. The second kappa shape index (κ2) is 17.9. The van der Waals surface area contributed by atoms with Crippen LogP contribution >= 0.6 is 0 Å². The summed E-state index contributed by atoms with van der Waals surface area (Å²) in [5.74, 6) is 0. The van der Waals surface area contributed by atoms with E-state index in [0.29, 0.717) is 0 Å². The lowest BCUT2D eigenvalue weighted by Gasteiger charge is -2.36. The normalized spacial score (nSPS) is 13.6.